The third-order valence-electron chi connectivity index (χ3n) is 3.98. The summed E-state index contributed by atoms with van der Waals surface area (Å²) in [6, 6.07) is 9.01. The summed E-state index contributed by atoms with van der Waals surface area (Å²) >= 11 is 0. The van der Waals surface area contributed by atoms with Gasteiger partial charge in [0.1, 0.15) is 0 Å². The number of aryl methyl sites for hydroxylation is 1. The highest BCUT2D eigenvalue weighted by Crippen LogP contribution is 2.19. The molecule has 4 nitrogen and oxygen atoms in total. The Balaban J connectivity index is 1.36. The van der Waals surface area contributed by atoms with Crippen LogP contribution in [0.15, 0.2) is 30.5 Å². The van der Waals surface area contributed by atoms with E-state index in [1.54, 1.807) is 0 Å². The number of hydrogen-bond acceptors (Lipinski definition) is 2. The summed E-state index contributed by atoms with van der Waals surface area (Å²) in [4.78, 5) is 15.0. The van der Waals surface area contributed by atoms with Gasteiger partial charge in [0.25, 0.3) is 0 Å². The Hall–Kier alpha value is -1.81. The van der Waals surface area contributed by atoms with Crippen molar-refractivity contribution in [2.45, 2.75) is 38.1 Å². The molecular formula is C17H23N3O. The third-order valence-corrected chi connectivity index (χ3v) is 3.98. The first-order chi connectivity index (χ1) is 10.3. The van der Waals surface area contributed by atoms with Gasteiger partial charge in [-0.2, -0.15) is 0 Å². The zero-order valence-electron chi connectivity index (χ0n) is 12.3. The SMILES string of the molecule is O=C(CCCc1c[nH]c2ccccc12)NCCNC1CC1. The second-order valence-corrected chi connectivity index (χ2v) is 5.79. The number of aromatic amines is 1. The summed E-state index contributed by atoms with van der Waals surface area (Å²) < 4.78 is 0. The summed E-state index contributed by atoms with van der Waals surface area (Å²) in [6.07, 6.45) is 7.07. The number of rotatable bonds is 8. The number of amides is 1. The average molecular weight is 285 g/mol. The van der Waals surface area contributed by atoms with Crippen LogP contribution in [-0.4, -0.2) is 30.0 Å². The van der Waals surface area contributed by atoms with E-state index in [1.807, 2.05) is 6.07 Å². The lowest BCUT2D eigenvalue weighted by atomic mass is 10.1. The number of H-pyrrole nitrogens is 1. The van der Waals surface area contributed by atoms with Crippen molar-refractivity contribution < 1.29 is 4.79 Å². The molecule has 0 aliphatic heterocycles. The van der Waals surface area contributed by atoms with Crippen LogP contribution in [0, 0.1) is 0 Å². The van der Waals surface area contributed by atoms with Crippen LogP contribution >= 0.6 is 0 Å². The molecule has 0 radical (unpaired) electrons. The molecule has 1 aliphatic rings. The van der Waals surface area contributed by atoms with Gasteiger partial charge in [-0.05, 0) is 37.3 Å². The van der Waals surface area contributed by atoms with Gasteiger partial charge >= 0.3 is 0 Å². The minimum atomic E-state index is 0.160. The Morgan fingerprint density at radius 2 is 2.10 bits per heavy atom. The Kier molecular flexibility index (Phi) is 4.55. The summed E-state index contributed by atoms with van der Waals surface area (Å²) in [6.45, 7) is 1.63. The van der Waals surface area contributed by atoms with Gasteiger partial charge in [-0.3, -0.25) is 4.79 Å². The van der Waals surface area contributed by atoms with Crippen molar-refractivity contribution in [3.05, 3.63) is 36.0 Å². The smallest absolute Gasteiger partial charge is 0.220 e. The van der Waals surface area contributed by atoms with Crippen LogP contribution in [0.3, 0.4) is 0 Å². The number of aromatic nitrogens is 1. The number of nitrogens with one attached hydrogen (secondary N) is 3. The molecule has 0 atom stereocenters. The van der Waals surface area contributed by atoms with E-state index < -0.39 is 0 Å². The van der Waals surface area contributed by atoms with Gasteiger partial charge in [0.2, 0.25) is 5.91 Å². The third kappa shape index (κ3) is 4.08. The first-order valence-corrected chi connectivity index (χ1v) is 7.88. The highest BCUT2D eigenvalue weighted by Gasteiger charge is 2.19. The fraction of sp³-hybridized carbons (Fsp3) is 0.471. The van der Waals surface area contributed by atoms with Crippen LogP contribution in [0.1, 0.15) is 31.2 Å². The molecule has 0 spiro atoms. The van der Waals surface area contributed by atoms with E-state index in [1.165, 1.54) is 29.3 Å². The van der Waals surface area contributed by atoms with E-state index in [2.05, 4.69) is 40.0 Å². The normalized spacial score (nSPS) is 14.5. The van der Waals surface area contributed by atoms with Crippen molar-refractivity contribution in [2.24, 2.45) is 0 Å². The van der Waals surface area contributed by atoms with Gasteiger partial charge in [0, 0.05) is 42.7 Å². The fourth-order valence-electron chi connectivity index (χ4n) is 2.63. The maximum Gasteiger partial charge on any atom is 0.220 e. The molecule has 1 amide bonds. The zero-order chi connectivity index (χ0) is 14.5. The minimum Gasteiger partial charge on any atom is -0.361 e. The average Bonchev–Trinajstić information content (AvgIpc) is 3.24. The number of carbonyl (C=O) groups excluding carboxylic acids is 1. The topological polar surface area (TPSA) is 56.9 Å². The van der Waals surface area contributed by atoms with Gasteiger partial charge in [-0.25, -0.2) is 0 Å². The molecule has 1 aromatic carbocycles. The van der Waals surface area contributed by atoms with E-state index in [0.29, 0.717) is 12.5 Å². The van der Waals surface area contributed by atoms with E-state index in [4.69, 9.17) is 0 Å². The second-order valence-electron chi connectivity index (χ2n) is 5.79. The van der Waals surface area contributed by atoms with Crippen molar-refractivity contribution in [3.63, 3.8) is 0 Å². The first-order valence-electron chi connectivity index (χ1n) is 7.88. The van der Waals surface area contributed by atoms with E-state index >= 15 is 0 Å². The molecule has 1 fully saturated rings. The summed E-state index contributed by atoms with van der Waals surface area (Å²) in [7, 11) is 0. The van der Waals surface area contributed by atoms with Crippen molar-refractivity contribution >= 4 is 16.8 Å². The highest BCUT2D eigenvalue weighted by molar-refractivity contribution is 5.83. The van der Waals surface area contributed by atoms with Crippen molar-refractivity contribution in [1.82, 2.24) is 15.6 Å². The van der Waals surface area contributed by atoms with Crippen LogP contribution in [0.2, 0.25) is 0 Å². The Bertz CT molecular complexity index is 601. The molecule has 2 aromatic rings. The molecule has 0 unspecified atom stereocenters. The van der Waals surface area contributed by atoms with Gasteiger partial charge in [-0.15, -0.1) is 0 Å². The molecule has 0 saturated heterocycles. The number of para-hydroxylation sites is 1. The molecule has 21 heavy (non-hydrogen) atoms. The quantitative estimate of drug-likeness (QED) is 0.652. The molecule has 1 heterocycles. The number of benzene rings is 1. The Labute approximate surface area is 125 Å². The van der Waals surface area contributed by atoms with Crippen LogP contribution < -0.4 is 10.6 Å². The molecule has 3 rings (SSSR count). The van der Waals surface area contributed by atoms with E-state index in [0.717, 1.165) is 25.9 Å². The lowest BCUT2D eigenvalue weighted by molar-refractivity contribution is -0.121. The van der Waals surface area contributed by atoms with Gasteiger partial charge < -0.3 is 15.6 Å². The zero-order valence-corrected chi connectivity index (χ0v) is 12.3. The van der Waals surface area contributed by atoms with Crippen LogP contribution in [-0.2, 0) is 11.2 Å². The van der Waals surface area contributed by atoms with Crippen LogP contribution in [0.25, 0.3) is 10.9 Å². The van der Waals surface area contributed by atoms with Crippen molar-refractivity contribution in [3.8, 4) is 0 Å². The Morgan fingerprint density at radius 3 is 2.95 bits per heavy atom. The maximum absolute atomic E-state index is 11.7. The molecule has 4 heteroatoms. The van der Waals surface area contributed by atoms with Gasteiger partial charge in [0.15, 0.2) is 0 Å². The molecule has 1 aliphatic carbocycles. The van der Waals surface area contributed by atoms with E-state index in [-0.39, 0.29) is 5.91 Å². The number of hydrogen-bond donors (Lipinski definition) is 3. The van der Waals surface area contributed by atoms with Crippen LogP contribution in [0.5, 0.6) is 0 Å². The second kappa shape index (κ2) is 6.76. The monoisotopic (exact) mass is 285 g/mol. The number of fused-ring (bicyclic) bond motifs is 1. The lowest BCUT2D eigenvalue weighted by Gasteiger charge is -2.06. The highest BCUT2D eigenvalue weighted by atomic mass is 16.1. The fourth-order valence-corrected chi connectivity index (χ4v) is 2.63. The predicted octanol–water partition coefficient (Wildman–Crippen LogP) is 2.36. The molecular weight excluding hydrogens is 262 g/mol. The summed E-state index contributed by atoms with van der Waals surface area (Å²) in [5, 5.41) is 7.64. The number of carbonyl (C=O) groups is 1. The predicted molar refractivity (Wildman–Crippen MR) is 85.3 cm³/mol. The largest absolute Gasteiger partial charge is 0.361 e. The van der Waals surface area contributed by atoms with Crippen molar-refractivity contribution in [2.75, 3.05) is 13.1 Å². The van der Waals surface area contributed by atoms with Gasteiger partial charge in [-0.1, -0.05) is 18.2 Å². The molecule has 3 N–H and O–H groups in total. The molecule has 112 valence electrons. The van der Waals surface area contributed by atoms with Gasteiger partial charge in [0.05, 0.1) is 0 Å². The standard InChI is InChI=1S/C17H23N3O/c21-17(19-11-10-18-14-8-9-14)7-3-4-13-12-20-16-6-2-1-5-15(13)16/h1-2,5-6,12,14,18,20H,3-4,7-11H2,(H,19,21). The molecule has 1 aromatic heterocycles. The Morgan fingerprint density at radius 1 is 1.24 bits per heavy atom. The van der Waals surface area contributed by atoms with E-state index in [9.17, 15) is 4.79 Å². The summed E-state index contributed by atoms with van der Waals surface area (Å²) in [5.41, 5.74) is 2.47. The minimum absolute atomic E-state index is 0.160. The molecule has 0 bridgehead atoms. The summed E-state index contributed by atoms with van der Waals surface area (Å²) in [5.74, 6) is 0.160. The van der Waals surface area contributed by atoms with Crippen LogP contribution in [0.4, 0.5) is 0 Å². The maximum atomic E-state index is 11.7. The van der Waals surface area contributed by atoms with Crippen molar-refractivity contribution in [1.29, 1.82) is 0 Å². The lowest BCUT2D eigenvalue weighted by Crippen LogP contribution is -2.32. The molecule has 1 saturated carbocycles. The first kappa shape index (κ1) is 14.1.